The van der Waals surface area contributed by atoms with Gasteiger partial charge in [-0.1, -0.05) is 0 Å². The van der Waals surface area contributed by atoms with E-state index in [1.807, 2.05) is 0 Å². The molecule has 130 valence electrons. The summed E-state index contributed by atoms with van der Waals surface area (Å²) in [6, 6.07) is 1.78. The summed E-state index contributed by atoms with van der Waals surface area (Å²) in [5.41, 5.74) is 3.96. The van der Waals surface area contributed by atoms with E-state index in [0.717, 1.165) is 19.3 Å². The van der Waals surface area contributed by atoms with Gasteiger partial charge >= 0.3 is 6.18 Å². The second-order valence-corrected chi connectivity index (χ2v) is 5.42. The van der Waals surface area contributed by atoms with Gasteiger partial charge in [0.05, 0.1) is 11.1 Å². The van der Waals surface area contributed by atoms with Crippen molar-refractivity contribution in [1.82, 2.24) is 4.90 Å². The summed E-state index contributed by atoms with van der Waals surface area (Å²) in [5, 5.41) is 0. The van der Waals surface area contributed by atoms with Gasteiger partial charge in [-0.25, -0.2) is 4.39 Å². The molecule has 1 amide bonds. The van der Waals surface area contributed by atoms with Crippen molar-refractivity contribution in [2.75, 3.05) is 13.1 Å². The molecule has 1 heterocycles. The van der Waals surface area contributed by atoms with Crippen LogP contribution < -0.4 is 5.73 Å². The first-order valence-corrected chi connectivity index (χ1v) is 7.22. The minimum atomic E-state index is -4.61. The average Bonchev–Trinajstić information content (AvgIpc) is 2.47. The maximum absolute atomic E-state index is 13.8. The van der Waals surface area contributed by atoms with Gasteiger partial charge in [0.25, 0.3) is 5.91 Å². The van der Waals surface area contributed by atoms with E-state index < -0.39 is 29.0 Å². The van der Waals surface area contributed by atoms with Gasteiger partial charge in [-0.15, -0.1) is 12.4 Å². The maximum Gasteiger partial charge on any atom is 0.416 e. The fourth-order valence-corrected chi connectivity index (χ4v) is 2.78. The zero-order valence-electron chi connectivity index (χ0n) is 12.4. The van der Waals surface area contributed by atoms with Crippen LogP contribution in [0.1, 0.15) is 41.6 Å². The summed E-state index contributed by atoms with van der Waals surface area (Å²) in [4.78, 5) is 13.9. The van der Waals surface area contributed by atoms with Gasteiger partial charge < -0.3 is 10.6 Å². The van der Waals surface area contributed by atoms with Crippen LogP contribution in [0.3, 0.4) is 0 Å². The van der Waals surface area contributed by atoms with Gasteiger partial charge in [-0.05, 0) is 50.4 Å². The Bertz CT molecular complexity index is 549. The molecule has 1 aromatic rings. The van der Waals surface area contributed by atoms with Crippen LogP contribution in [0.15, 0.2) is 18.2 Å². The number of carbonyl (C=O) groups excluding carboxylic acids is 1. The Labute approximate surface area is 138 Å². The minimum Gasteiger partial charge on any atom is -0.336 e. The van der Waals surface area contributed by atoms with Crippen molar-refractivity contribution in [3.8, 4) is 0 Å². The number of hydrogen-bond donors (Lipinski definition) is 1. The number of piperidine rings is 1. The molecule has 1 unspecified atom stereocenters. The molecular formula is C15H19ClF4N2O. The van der Waals surface area contributed by atoms with Crippen molar-refractivity contribution in [3.63, 3.8) is 0 Å². The Balaban J connectivity index is 0.00000264. The number of rotatable bonds is 3. The monoisotopic (exact) mass is 354 g/mol. The number of likely N-dealkylation sites (tertiary alicyclic amines) is 1. The van der Waals surface area contributed by atoms with Gasteiger partial charge in [-0.3, -0.25) is 4.79 Å². The molecule has 1 aliphatic rings. The fourth-order valence-electron chi connectivity index (χ4n) is 2.78. The molecule has 2 N–H and O–H groups in total. The summed E-state index contributed by atoms with van der Waals surface area (Å²) < 4.78 is 52.1. The van der Waals surface area contributed by atoms with Crippen LogP contribution >= 0.6 is 12.4 Å². The van der Waals surface area contributed by atoms with Crippen LogP contribution in [0.2, 0.25) is 0 Å². The SMILES string of the molecule is Cl.NCCC1CCCCN1C(=O)c1cc(C(F)(F)F)ccc1F. The minimum absolute atomic E-state index is 0. The summed E-state index contributed by atoms with van der Waals surface area (Å²) in [6.07, 6.45) is -1.62. The third-order valence-corrected chi connectivity index (χ3v) is 3.91. The molecule has 1 fully saturated rings. The van der Waals surface area contributed by atoms with Crippen molar-refractivity contribution in [1.29, 1.82) is 0 Å². The molecule has 0 aromatic heterocycles. The third kappa shape index (κ3) is 4.57. The zero-order chi connectivity index (χ0) is 16.3. The lowest BCUT2D eigenvalue weighted by Crippen LogP contribution is -2.45. The van der Waals surface area contributed by atoms with E-state index in [1.165, 1.54) is 4.90 Å². The Kier molecular flexibility index (Phi) is 6.83. The van der Waals surface area contributed by atoms with Crippen LogP contribution in [-0.2, 0) is 6.18 Å². The molecule has 8 heteroatoms. The molecule has 0 aliphatic carbocycles. The molecule has 0 spiro atoms. The Hall–Kier alpha value is -1.34. The van der Waals surface area contributed by atoms with Crippen LogP contribution in [-0.4, -0.2) is 29.9 Å². The Morgan fingerprint density at radius 3 is 2.61 bits per heavy atom. The number of amides is 1. The topological polar surface area (TPSA) is 46.3 Å². The van der Waals surface area contributed by atoms with E-state index in [2.05, 4.69) is 0 Å². The summed E-state index contributed by atoms with van der Waals surface area (Å²) in [7, 11) is 0. The van der Waals surface area contributed by atoms with Gasteiger partial charge in [0.2, 0.25) is 0 Å². The predicted octanol–water partition coefficient (Wildman–Crippen LogP) is 3.61. The molecular weight excluding hydrogens is 336 g/mol. The number of carbonyl (C=O) groups is 1. The number of nitrogens with zero attached hydrogens (tertiary/aromatic N) is 1. The molecule has 1 atom stereocenters. The van der Waals surface area contributed by atoms with E-state index in [9.17, 15) is 22.4 Å². The van der Waals surface area contributed by atoms with Crippen molar-refractivity contribution in [3.05, 3.63) is 35.1 Å². The van der Waals surface area contributed by atoms with Crippen molar-refractivity contribution in [2.24, 2.45) is 5.73 Å². The van der Waals surface area contributed by atoms with E-state index in [4.69, 9.17) is 5.73 Å². The lowest BCUT2D eigenvalue weighted by atomic mass is 9.97. The molecule has 2 rings (SSSR count). The highest BCUT2D eigenvalue weighted by Gasteiger charge is 2.34. The summed E-state index contributed by atoms with van der Waals surface area (Å²) in [6.45, 7) is 0.790. The van der Waals surface area contributed by atoms with Crippen LogP contribution in [0.25, 0.3) is 0 Å². The lowest BCUT2D eigenvalue weighted by molar-refractivity contribution is -0.137. The summed E-state index contributed by atoms with van der Waals surface area (Å²) >= 11 is 0. The highest BCUT2D eigenvalue weighted by atomic mass is 35.5. The van der Waals surface area contributed by atoms with Gasteiger partial charge in [0.1, 0.15) is 5.82 Å². The molecule has 0 radical (unpaired) electrons. The third-order valence-electron chi connectivity index (χ3n) is 3.91. The average molecular weight is 355 g/mol. The highest BCUT2D eigenvalue weighted by molar-refractivity contribution is 5.95. The first-order valence-electron chi connectivity index (χ1n) is 7.22. The number of benzene rings is 1. The van der Waals surface area contributed by atoms with Crippen molar-refractivity contribution >= 4 is 18.3 Å². The normalized spacial score (nSPS) is 18.5. The van der Waals surface area contributed by atoms with E-state index in [-0.39, 0.29) is 18.4 Å². The fraction of sp³-hybridized carbons (Fsp3) is 0.533. The molecule has 23 heavy (non-hydrogen) atoms. The zero-order valence-corrected chi connectivity index (χ0v) is 13.2. The number of alkyl halides is 3. The number of halogens is 5. The largest absolute Gasteiger partial charge is 0.416 e. The van der Waals surface area contributed by atoms with E-state index >= 15 is 0 Å². The van der Waals surface area contributed by atoms with Gasteiger partial charge in [0, 0.05) is 12.6 Å². The Morgan fingerprint density at radius 2 is 2.00 bits per heavy atom. The van der Waals surface area contributed by atoms with Crippen LogP contribution in [0, 0.1) is 5.82 Å². The summed E-state index contributed by atoms with van der Waals surface area (Å²) in [5.74, 6) is -1.63. The molecule has 1 saturated heterocycles. The lowest BCUT2D eigenvalue weighted by Gasteiger charge is -2.36. The molecule has 3 nitrogen and oxygen atoms in total. The molecule has 0 bridgehead atoms. The second kappa shape index (κ2) is 7.97. The van der Waals surface area contributed by atoms with Crippen molar-refractivity contribution in [2.45, 2.75) is 37.9 Å². The quantitative estimate of drug-likeness (QED) is 0.843. The molecule has 1 aliphatic heterocycles. The van der Waals surface area contributed by atoms with Crippen LogP contribution in [0.5, 0.6) is 0 Å². The first-order chi connectivity index (χ1) is 10.3. The predicted molar refractivity (Wildman–Crippen MR) is 81.0 cm³/mol. The van der Waals surface area contributed by atoms with Crippen molar-refractivity contribution < 1.29 is 22.4 Å². The maximum atomic E-state index is 13.8. The molecule has 0 saturated carbocycles. The van der Waals surface area contributed by atoms with E-state index in [0.29, 0.717) is 37.7 Å². The number of hydrogen-bond acceptors (Lipinski definition) is 2. The second-order valence-electron chi connectivity index (χ2n) is 5.42. The Morgan fingerprint density at radius 1 is 1.30 bits per heavy atom. The number of nitrogens with two attached hydrogens (primary N) is 1. The standard InChI is InChI=1S/C15H18F4N2O.ClH/c16-13-5-4-10(15(17,18)19)9-12(13)14(22)21-8-2-1-3-11(21)6-7-20;/h4-5,9,11H,1-3,6-8,20H2;1H. The van der Waals surface area contributed by atoms with Gasteiger partial charge in [0.15, 0.2) is 0 Å². The van der Waals surface area contributed by atoms with E-state index in [1.54, 1.807) is 0 Å². The molecule has 1 aromatic carbocycles. The smallest absolute Gasteiger partial charge is 0.336 e. The first kappa shape index (κ1) is 19.7. The van der Waals surface area contributed by atoms with Gasteiger partial charge in [-0.2, -0.15) is 13.2 Å². The highest BCUT2D eigenvalue weighted by Crippen LogP contribution is 2.31. The van der Waals surface area contributed by atoms with Crippen LogP contribution in [0.4, 0.5) is 17.6 Å².